The molecule has 0 bridgehead atoms. The number of methoxy groups -OCH3 is 1. The number of esters is 1. The maximum Gasteiger partial charge on any atom is 0.351 e. The van der Waals surface area contributed by atoms with Gasteiger partial charge in [-0.05, 0) is 31.2 Å². The fraction of sp³-hybridized carbons (Fsp3) is 0.214. The second-order valence-electron chi connectivity index (χ2n) is 3.90. The van der Waals surface area contributed by atoms with Gasteiger partial charge in [0.1, 0.15) is 21.7 Å². The van der Waals surface area contributed by atoms with Crippen molar-refractivity contribution in [1.29, 1.82) is 5.26 Å². The van der Waals surface area contributed by atoms with E-state index in [1.807, 2.05) is 24.3 Å². The molecule has 0 saturated carbocycles. The van der Waals surface area contributed by atoms with Crippen LogP contribution >= 0.6 is 11.3 Å². The summed E-state index contributed by atoms with van der Waals surface area (Å²) < 4.78 is 9.89. The van der Waals surface area contributed by atoms with Crippen LogP contribution in [0.25, 0.3) is 10.6 Å². The number of aryl methyl sites for hydroxylation is 1. The summed E-state index contributed by atoms with van der Waals surface area (Å²) in [5, 5.41) is 9.14. The molecule has 5 nitrogen and oxygen atoms in total. The first-order valence-electron chi connectivity index (χ1n) is 5.81. The van der Waals surface area contributed by atoms with Crippen LogP contribution in [0.5, 0.6) is 5.75 Å². The van der Waals surface area contributed by atoms with Gasteiger partial charge in [0.2, 0.25) is 0 Å². The van der Waals surface area contributed by atoms with Crippen molar-refractivity contribution in [3.63, 3.8) is 0 Å². The van der Waals surface area contributed by atoms with Crippen LogP contribution in [0.2, 0.25) is 0 Å². The number of carbonyl (C=O) groups excluding carboxylic acids is 1. The monoisotopic (exact) mass is 288 g/mol. The van der Waals surface area contributed by atoms with Crippen LogP contribution in [-0.2, 0) is 4.74 Å². The number of nitriles is 1. The average Bonchev–Trinajstić information content (AvgIpc) is 2.87. The SMILES string of the molecule is COc1ccc(-c2nc(C)c(C(=O)OCC#N)s2)cc1. The van der Waals surface area contributed by atoms with Gasteiger partial charge < -0.3 is 9.47 Å². The molecule has 0 aliphatic carbocycles. The Labute approximate surface area is 120 Å². The van der Waals surface area contributed by atoms with E-state index in [2.05, 4.69) is 4.98 Å². The van der Waals surface area contributed by atoms with Crippen LogP contribution in [0.15, 0.2) is 24.3 Å². The summed E-state index contributed by atoms with van der Waals surface area (Å²) in [6, 6.07) is 9.19. The molecule has 102 valence electrons. The van der Waals surface area contributed by atoms with Crippen molar-refractivity contribution in [2.24, 2.45) is 0 Å². The van der Waals surface area contributed by atoms with Gasteiger partial charge in [0.05, 0.1) is 12.8 Å². The van der Waals surface area contributed by atoms with Crippen LogP contribution in [0, 0.1) is 18.3 Å². The van der Waals surface area contributed by atoms with E-state index in [0.29, 0.717) is 10.6 Å². The first-order valence-corrected chi connectivity index (χ1v) is 6.63. The van der Waals surface area contributed by atoms with Crippen LogP contribution in [0.1, 0.15) is 15.4 Å². The maximum atomic E-state index is 11.7. The highest BCUT2D eigenvalue weighted by Gasteiger charge is 2.17. The van der Waals surface area contributed by atoms with Crippen LogP contribution < -0.4 is 4.74 Å². The van der Waals surface area contributed by atoms with Gasteiger partial charge in [-0.2, -0.15) is 5.26 Å². The van der Waals surface area contributed by atoms with E-state index in [4.69, 9.17) is 14.7 Å². The van der Waals surface area contributed by atoms with Gasteiger partial charge in [-0.3, -0.25) is 0 Å². The minimum Gasteiger partial charge on any atom is -0.497 e. The second-order valence-corrected chi connectivity index (χ2v) is 4.90. The molecule has 0 spiro atoms. The number of rotatable bonds is 4. The molecular weight excluding hydrogens is 276 g/mol. The number of carbonyl (C=O) groups is 1. The molecule has 0 N–H and O–H groups in total. The summed E-state index contributed by atoms with van der Waals surface area (Å²) in [6.45, 7) is 1.49. The lowest BCUT2D eigenvalue weighted by Gasteiger charge is -2.00. The van der Waals surface area contributed by atoms with E-state index in [1.54, 1.807) is 20.1 Å². The highest BCUT2D eigenvalue weighted by atomic mass is 32.1. The van der Waals surface area contributed by atoms with E-state index in [0.717, 1.165) is 16.3 Å². The number of ether oxygens (including phenoxy) is 2. The normalized spacial score (nSPS) is 9.85. The Balaban J connectivity index is 2.26. The van der Waals surface area contributed by atoms with Gasteiger partial charge in [-0.15, -0.1) is 11.3 Å². The van der Waals surface area contributed by atoms with Gasteiger partial charge in [-0.1, -0.05) is 0 Å². The Morgan fingerprint density at radius 1 is 1.40 bits per heavy atom. The summed E-state index contributed by atoms with van der Waals surface area (Å²) in [4.78, 5) is 16.5. The number of aromatic nitrogens is 1. The smallest absolute Gasteiger partial charge is 0.351 e. The Morgan fingerprint density at radius 2 is 2.10 bits per heavy atom. The average molecular weight is 288 g/mol. The molecule has 0 atom stereocenters. The van der Waals surface area contributed by atoms with Gasteiger partial charge >= 0.3 is 5.97 Å². The van der Waals surface area contributed by atoms with Crippen molar-refractivity contribution >= 4 is 17.3 Å². The molecule has 0 unspecified atom stereocenters. The lowest BCUT2D eigenvalue weighted by molar-refractivity contribution is 0.0559. The van der Waals surface area contributed by atoms with Crippen molar-refractivity contribution in [2.75, 3.05) is 13.7 Å². The van der Waals surface area contributed by atoms with Gasteiger partial charge in [0, 0.05) is 5.56 Å². The number of hydrogen-bond donors (Lipinski definition) is 0. The second kappa shape index (κ2) is 6.17. The molecule has 1 aromatic heterocycles. The maximum absolute atomic E-state index is 11.7. The largest absolute Gasteiger partial charge is 0.497 e. The van der Waals surface area contributed by atoms with E-state index >= 15 is 0 Å². The molecule has 20 heavy (non-hydrogen) atoms. The lowest BCUT2D eigenvalue weighted by atomic mass is 10.2. The van der Waals surface area contributed by atoms with E-state index in [1.165, 1.54) is 11.3 Å². The third-order valence-corrected chi connectivity index (χ3v) is 3.77. The molecule has 2 rings (SSSR count). The third-order valence-electron chi connectivity index (χ3n) is 2.59. The molecule has 0 amide bonds. The zero-order chi connectivity index (χ0) is 14.5. The van der Waals surface area contributed by atoms with Crippen LogP contribution in [0.3, 0.4) is 0 Å². The molecule has 2 aromatic rings. The third kappa shape index (κ3) is 2.95. The van der Waals surface area contributed by atoms with Gasteiger partial charge in [-0.25, -0.2) is 9.78 Å². The number of benzene rings is 1. The summed E-state index contributed by atoms with van der Waals surface area (Å²) in [6.07, 6.45) is 0. The summed E-state index contributed by atoms with van der Waals surface area (Å²) >= 11 is 1.25. The fourth-order valence-corrected chi connectivity index (χ4v) is 2.57. The van der Waals surface area contributed by atoms with Gasteiger partial charge in [0.25, 0.3) is 0 Å². The zero-order valence-electron chi connectivity index (χ0n) is 11.0. The lowest BCUT2D eigenvalue weighted by Crippen LogP contribution is -2.04. The Bertz CT molecular complexity index is 656. The van der Waals surface area contributed by atoms with E-state index in [9.17, 15) is 4.79 Å². The standard InChI is InChI=1S/C14H12N2O3S/c1-9-12(14(17)19-8-7-15)20-13(16-9)10-3-5-11(18-2)6-4-10/h3-6H,8H2,1-2H3. The molecule has 1 heterocycles. The zero-order valence-corrected chi connectivity index (χ0v) is 11.9. The van der Waals surface area contributed by atoms with Crippen molar-refractivity contribution in [3.8, 4) is 22.4 Å². The highest BCUT2D eigenvalue weighted by molar-refractivity contribution is 7.17. The number of hydrogen-bond acceptors (Lipinski definition) is 6. The molecule has 0 aliphatic rings. The van der Waals surface area contributed by atoms with Crippen LogP contribution in [-0.4, -0.2) is 24.7 Å². The molecular formula is C14H12N2O3S. The molecule has 0 aliphatic heterocycles. The minimum atomic E-state index is -0.513. The Kier molecular flexibility index (Phi) is 4.33. The predicted octanol–water partition coefficient (Wildman–Crippen LogP) is 2.81. The molecule has 0 radical (unpaired) electrons. The van der Waals surface area contributed by atoms with Crippen molar-refractivity contribution in [1.82, 2.24) is 4.98 Å². The van der Waals surface area contributed by atoms with E-state index in [-0.39, 0.29) is 6.61 Å². The van der Waals surface area contributed by atoms with E-state index < -0.39 is 5.97 Å². The topological polar surface area (TPSA) is 72.2 Å². The first-order chi connectivity index (χ1) is 9.65. The van der Waals surface area contributed by atoms with Crippen LogP contribution in [0.4, 0.5) is 0 Å². The quantitative estimate of drug-likeness (QED) is 0.809. The Morgan fingerprint density at radius 3 is 2.70 bits per heavy atom. The number of thiazole rings is 1. The summed E-state index contributed by atoms with van der Waals surface area (Å²) in [5.41, 5.74) is 1.50. The minimum absolute atomic E-state index is 0.256. The van der Waals surface area contributed by atoms with Gasteiger partial charge in [0.15, 0.2) is 6.61 Å². The summed E-state index contributed by atoms with van der Waals surface area (Å²) in [5.74, 6) is 0.247. The van der Waals surface area contributed by atoms with Crippen molar-refractivity contribution in [2.45, 2.75) is 6.92 Å². The first kappa shape index (κ1) is 14.0. The molecule has 1 aromatic carbocycles. The predicted molar refractivity (Wildman–Crippen MR) is 74.7 cm³/mol. The molecule has 0 saturated heterocycles. The molecule has 6 heteroatoms. The van der Waals surface area contributed by atoms with Crippen molar-refractivity contribution in [3.05, 3.63) is 34.8 Å². The number of nitrogens with zero attached hydrogens (tertiary/aromatic N) is 2. The summed E-state index contributed by atoms with van der Waals surface area (Å²) in [7, 11) is 1.60. The highest BCUT2D eigenvalue weighted by Crippen LogP contribution is 2.29. The van der Waals surface area contributed by atoms with Crippen molar-refractivity contribution < 1.29 is 14.3 Å². The molecule has 0 fully saturated rings. The fourth-order valence-electron chi connectivity index (χ4n) is 1.61. The Hall–Kier alpha value is -2.39.